The van der Waals surface area contributed by atoms with Crippen molar-refractivity contribution in [2.45, 2.75) is 26.0 Å². The fraction of sp³-hybridized carbons (Fsp3) is 0.556. The van der Waals surface area contributed by atoms with Gasteiger partial charge in [0, 0.05) is 18.0 Å². The second-order valence-corrected chi connectivity index (χ2v) is 5.04. The first-order valence-electron chi connectivity index (χ1n) is 4.36. The molecule has 0 bridgehead atoms. The van der Waals surface area contributed by atoms with E-state index >= 15 is 0 Å². The van der Waals surface area contributed by atoms with Gasteiger partial charge in [0.05, 0.1) is 14.9 Å². The zero-order valence-electron chi connectivity index (χ0n) is 8.05. The van der Waals surface area contributed by atoms with E-state index in [1.807, 2.05) is 13.8 Å². The van der Waals surface area contributed by atoms with Gasteiger partial charge < -0.3 is 10.4 Å². The van der Waals surface area contributed by atoms with Crippen molar-refractivity contribution in [1.82, 2.24) is 5.32 Å². The monoisotopic (exact) mass is 253 g/mol. The van der Waals surface area contributed by atoms with Crippen LogP contribution in [0.2, 0.25) is 10.0 Å². The minimum Gasteiger partial charge on any atom is -0.386 e. The molecule has 0 radical (unpaired) electrons. The van der Waals surface area contributed by atoms with Crippen LogP contribution in [0.5, 0.6) is 0 Å². The van der Waals surface area contributed by atoms with Crippen LogP contribution in [0.25, 0.3) is 0 Å². The van der Waals surface area contributed by atoms with Crippen LogP contribution < -0.4 is 5.32 Å². The number of nitrogens with one attached hydrogen (secondary N) is 1. The van der Waals surface area contributed by atoms with E-state index in [2.05, 4.69) is 5.32 Å². The number of hydrogen-bond donors (Lipinski definition) is 2. The quantitative estimate of drug-likeness (QED) is 0.865. The summed E-state index contributed by atoms with van der Waals surface area (Å²) in [5.74, 6) is 0. The van der Waals surface area contributed by atoms with E-state index in [0.717, 1.165) is 4.88 Å². The Bertz CT molecular complexity index is 301. The van der Waals surface area contributed by atoms with E-state index in [9.17, 15) is 5.11 Å². The predicted octanol–water partition coefficient (Wildman–Crippen LogP) is 3.09. The maximum atomic E-state index is 9.77. The minimum absolute atomic E-state index is 0.346. The third-order valence-corrected chi connectivity index (χ3v) is 3.86. The van der Waals surface area contributed by atoms with Crippen LogP contribution in [0.1, 0.15) is 24.8 Å². The maximum Gasteiger partial charge on any atom is 0.102 e. The third-order valence-electron chi connectivity index (χ3n) is 1.74. The molecule has 1 rings (SSSR count). The second kappa shape index (κ2) is 5.33. The van der Waals surface area contributed by atoms with E-state index < -0.39 is 6.10 Å². The van der Waals surface area contributed by atoms with E-state index in [1.165, 1.54) is 11.3 Å². The Hall–Kier alpha value is 0.200. The summed E-state index contributed by atoms with van der Waals surface area (Å²) in [6.45, 7) is 4.54. The summed E-state index contributed by atoms with van der Waals surface area (Å²) in [5.41, 5.74) is 0. The molecular weight excluding hydrogens is 241 g/mol. The summed E-state index contributed by atoms with van der Waals surface area (Å²) >= 11 is 13.1. The van der Waals surface area contributed by atoms with Gasteiger partial charge in [0.1, 0.15) is 6.10 Å². The van der Waals surface area contributed by atoms with Crippen molar-refractivity contribution in [3.05, 3.63) is 20.3 Å². The van der Waals surface area contributed by atoms with Crippen molar-refractivity contribution < 1.29 is 5.11 Å². The summed E-state index contributed by atoms with van der Waals surface area (Å²) in [7, 11) is 0. The molecule has 0 amide bonds. The molecule has 0 aliphatic carbocycles. The molecule has 5 heteroatoms. The van der Waals surface area contributed by atoms with Gasteiger partial charge in [-0.15, -0.1) is 11.3 Å². The van der Waals surface area contributed by atoms with Crippen molar-refractivity contribution in [3.63, 3.8) is 0 Å². The molecule has 1 unspecified atom stereocenters. The number of hydrogen-bond acceptors (Lipinski definition) is 3. The van der Waals surface area contributed by atoms with Crippen LogP contribution in [-0.4, -0.2) is 17.7 Å². The van der Waals surface area contributed by atoms with Gasteiger partial charge in [0.2, 0.25) is 0 Å². The first-order chi connectivity index (χ1) is 6.52. The zero-order valence-corrected chi connectivity index (χ0v) is 10.4. The van der Waals surface area contributed by atoms with E-state index in [4.69, 9.17) is 23.2 Å². The van der Waals surface area contributed by atoms with Crippen LogP contribution in [0.3, 0.4) is 0 Å². The van der Waals surface area contributed by atoms with Gasteiger partial charge in [-0.2, -0.15) is 0 Å². The average molecular weight is 254 g/mol. The van der Waals surface area contributed by atoms with Crippen LogP contribution >= 0.6 is 34.5 Å². The lowest BCUT2D eigenvalue weighted by atomic mass is 10.2. The number of thiophene rings is 1. The van der Waals surface area contributed by atoms with E-state index in [1.54, 1.807) is 5.38 Å². The molecule has 2 nitrogen and oxygen atoms in total. The number of rotatable bonds is 4. The van der Waals surface area contributed by atoms with Gasteiger partial charge in [-0.3, -0.25) is 0 Å². The van der Waals surface area contributed by atoms with E-state index in [-0.39, 0.29) is 0 Å². The van der Waals surface area contributed by atoms with Crippen LogP contribution in [-0.2, 0) is 0 Å². The molecule has 1 aromatic rings. The molecule has 0 saturated heterocycles. The highest BCUT2D eigenvalue weighted by atomic mass is 35.5. The van der Waals surface area contributed by atoms with Gasteiger partial charge in [-0.25, -0.2) is 0 Å². The second-order valence-electron chi connectivity index (χ2n) is 3.34. The van der Waals surface area contributed by atoms with Gasteiger partial charge in [-0.1, -0.05) is 37.0 Å². The Morgan fingerprint density at radius 1 is 1.50 bits per heavy atom. The lowest BCUT2D eigenvalue weighted by Gasteiger charge is -2.13. The molecule has 0 fully saturated rings. The fourth-order valence-electron chi connectivity index (χ4n) is 1.00. The third kappa shape index (κ3) is 3.11. The predicted molar refractivity (Wildman–Crippen MR) is 62.4 cm³/mol. The Morgan fingerprint density at radius 3 is 2.57 bits per heavy atom. The molecule has 1 atom stereocenters. The van der Waals surface area contributed by atoms with Crippen molar-refractivity contribution in [2.24, 2.45) is 0 Å². The summed E-state index contributed by atoms with van der Waals surface area (Å²) < 4.78 is 0. The molecule has 1 aromatic heterocycles. The van der Waals surface area contributed by atoms with Crippen LogP contribution in [0.4, 0.5) is 0 Å². The molecule has 1 heterocycles. The van der Waals surface area contributed by atoms with Crippen molar-refractivity contribution in [1.29, 1.82) is 0 Å². The van der Waals surface area contributed by atoms with Crippen molar-refractivity contribution in [3.8, 4) is 0 Å². The van der Waals surface area contributed by atoms with Crippen molar-refractivity contribution in [2.75, 3.05) is 6.54 Å². The summed E-state index contributed by atoms with van der Waals surface area (Å²) in [4.78, 5) is 0.727. The lowest BCUT2D eigenvalue weighted by molar-refractivity contribution is 0.175. The zero-order chi connectivity index (χ0) is 10.7. The molecule has 0 saturated carbocycles. The molecular formula is C9H13Cl2NOS. The summed E-state index contributed by atoms with van der Waals surface area (Å²) in [6, 6.07) is 0.346. The van der Waals surface area contributed by atoms with Gasteiger partial charge in [0.25, 0.3) is 0 Å². The Labute approximate surface area is 97.8 Å². The Balaban J connectivity index is 2.60. The fourth-order valence-corrected chi connectivity index (χ4v) is 2.47. The molecule has 0 aromatic carbocycles. The Kier molecular flexibility index (Phi) is 4.67. The summed E-state index contributed by atoms with van der Waals surface area (Å²) in [6.07, 6.45) is -0.581. The first-order valence-corrected chi connectivity index (χ1v) is 5.99. The van der Waals surface area contributed by atoms with Crippen molar-refractivity contribution >= 4 is 34.5 Å². The standard InChI is InChI=1S/C9H13Cl2NOS/c1-5(2)12-3-7(13)9-8(11)6(10)4-14-9/h4-5,7,12-13H,3H2,1-2H3. The molecule has 0 aliphatic heterocycles. The molecule has 0 spiro atoms. The first kappa shape index (κ1) is 12.3. The maximum absolute atomic E-state index is 9.77. The average Bonchev–Trinajstić information content (AvgIpc) is 2.44. The van der Waals surface area contributed by atoms with Gasteiger partial charge in [0.15, 0.2) is 0 Å². The van der Waals surface area contributed by atoms with E-state index in [0.29, 0.717) is 22.6 Å². The minimum atomic E-state index is -0.581. The molecule has 80 valence electrons. The largest absolute Gasteiger partial charge is 0.386 e. The number of aliphatic hydroxyl groups is 1. The normalized spacial score (nSPS) is 13.6. The Morgan fingerprint density at radius 2 is 2.14 bits per heavy atom. The van der Waals surface area contributed by atoms with Gasteiger partial charge in [-0.05, 0) is 0 Å². The van der Waals surface area contributed by atoms with Crippen LogP contribution in [0.15, 0.2) is 5.38 Å². The molecule has 0 aliphatic rings. The number of halogens is 2. The lowest BCUT2D eigenvalue weighted by Crippen LogP contribution is -2.27. The van der Waals surface area contributed by atoms with Crippen LogP contribution in [0, 0.1) is 0 Å². The topological polar surface area (TPSA) is 32.3 Å². The highest BCUT2D eigenvalue weighted by molar-refractivity contribution is 7.11. The van der Waals surface area contributed by atoms with Gasteiger partial charge >= 0.3 is 0 Å². The highest BCUT2D eigenvalue weighted by Gasteiger charge is 2.16. The smallest absolute Gasteiger partial charge is 0.102 e. The SMILES string of the molecule is CC(C)NCC(O)c1scc(Cl)c1Cl. The summed E-state index contributed by atoms with van der Waals surface area (Å²) in [5, 5.41) is 15.6. The molecule has 14 heavy (non-hydrogen) atoms. The number of aliphatic hydroxyl groups excluding tert-OH is 1. The molecule has 2 N–H and O–H groups in total. The highest BCUT2D eigenvalue weighted by Crippen LogP contribution is 2.35.